The molecule has 1 aromatic heterocycles. The highest BCUT2D eigenvalue weighted by molar-refractivity contribution is 5.96. The predicted octanol–water partition coefficient (Wildman–Crippen LogP) is 2.92. The predicted molar refractivity (Wildman–Crippen MR) is 73.7 cm³/mol. The zero-order valence-electron chi connectivity index (χ0n) is 10.6. The van der Waals surface area contributed by atoms with Gasteiger partial charge in [-0.3, -0.25) is 4.79 Å². The first-order valence-corrected chi connectivity index (χ1v) is 6.49. The summed E-state index contributed by atoms with van der Waals surface area (Å²) in [6.07, 6.45) is 7.72. The van der Waals surface area contributed by atoms with E-state index in [1.165, 1.54) is 12.8 Å². The summed E-state index contributed by atoms with van der Waals surface area (Å²) in [5.74, 6) is 3.42. The second-order valence-corrected chi connectivity index (χ2v) is 4.98. The van der Waals surface area contributed by atoms with Crippen molar-refractivity contribution in [2.24, 2.45) is 5.92 Å². The van der Waals surface area contributed by atoms with E-state index in [0.29, 0.717) is 18.2 Å². The molecule has 1 aliphatic carbocycles. The van der Waals surface area contributed by atoms with Gasteiger partial charge in [0.2, 0.25) is 0 Å². The fraction of sp³-hybridized carbons (Fsp3) is 0.312. The Kier molecular flexibility index (Phi) is 3.00. The average Bonchev–Trinajstić information content (AvgIpc) is 3.13. The van der Waals surface area contributed by atoms with E-state index in [1.807, 2.05) is 24.3 Å². The maximum absolute atomic E-state index is 12.4. The van der Waals surface area contributed by atoms with Crippen molar-refractivity contribution in [2.45, 2.75) is 12.8 Å². The number of terminal acetylenes is 1. The zero-order valence-corrected chi connectivity index (χ0v) is 10.6. The molecule has 1 aliphatic rings. The third-order valence-corrected chi connectivity index (χ3v) is 3.38. The van der Waals surface area contributed by atoms with Gasteiger partial charge in [-0.05, 0) is 30.9 Å². The van der Waals surface area contributed by atoms with E-state index >= 15 is 0 Å². The van der Waals surface area contributed by atoms with Gasteiger partial charge in [-0.15, -0.1) is 6.42 Å². The van der Waals surface area contributed by atoms with E-state index in [9.17, 15) is 4.79 Å². The molecule has 96 valence electrons. The molecule has 0 aliphatic heterocycles. The van der Waals surface area contributed by atoms with Crippen molar-refractivity contribution in [2.75, 3.05) is 13.1 Å². The molecule has 3 nitrogen and oxygen atoms in total. The van der Waals surface area contributed by atoms with Crippen molar-refractivity contribution in [3.05, 3.63) is 36.1 Å². The Morgan fingerprint density at radius 2 is 2.21 bits per heavy atom. The van der Waals surface area contributed by atoms with Crippen molar-refractivity contribution in [3.8, 4) is 12.3 Å². The molecule has 19 heavy (non-hydrogen) atoms. The molecule has 0 saturated heterocycles. The number of hydrogen-bond acceptors (Lipinski definition) is 2. The largest absolute Gasteiger partial charge is 0.451 e. The van der Waals surface area contributed by atoms with Crippen LogP contribution >= 0.6 is 0 Å². The van der Waals surface area contributed by atoms with Crippen LogP contribution in [0, 0.1) is 18.3 Å². The van der Waals surface area contributed by atoms with E-state index in [2.05, 4.69) is 5.92 Å². The minimum atomic E-state index is -0.110. The molecular weight excluding hydrogens is 238 g/mol. The standard InChI is InChI=1S/C16H15NO2/c1-2-9-17(11-12-7-8-12)16(18)15-10-13-5-3-4-6-14(13)19-15/h1,3-6,10,12H,7-9,11H2. The third-order valence-electron chi connectivity index (χ3n) is 3.38. The fourth-order valence-corrected chi connectivity index (χ4v) is 2.18. The lowest BCUT2D eigenvalue weighted by Crippen LogP contribution is -2.33. The number of para-hydroxylation sites is 1. The second kappa shape index (κ2) is 4.81. The second-order valence-electron chi connectivity index (χ2n) is 4.98. The van der Waals surface area contributed by atoms with Crippen LogP contribution in [0.25, 0.3) is 11.0 Å². The Morgan fingerprint density at radius 1 is 1.42 bits per heavy atom. The topological polar surface area (TPSA) is 33.5 Å². The minimum absolute atomic E-state index is 0.110. The van der Waals surface area contributed by atoms with Crippen molar-refractivity contribution < 1.29 is 9.21 Å². The van der Waals surface area contributed by atoms with E-state index < -0.39 is 0 Å². The molecule has 0 radical (unpaired) electrons. The highest BCUT2D eigenvalue weighted by Crippen LogP contribution is 2.30. The first kappa shape index (κ1) is 11.9. The van der Waals surface area contributed by atoms with Crippen molar-refractivity contribution in [1.29, 1.82) is 0 Å². The van der Waals surface area contributed by atoms with Crippen LogP contribution in [0.4, 0.5) is 0 Å². The van der Waals surface area contributed by atoms with Gasteiger partial charge in [0.1, 0.15) is 5.58 Å². The smallest absolute Gasteiger partial charge is 0.290 e. The Hall–Kier alpha value is -2.21. The third kappa shape index (κ3) is 2.48. The van der Waals surface area contributed by atoms with Crippen LogP contribution in [0.1, 0.15) is 23.4 Å². The number of fused-ring (bicyclic) bond motifs is 1. The monoisotopic (exact) mass is 253 g/mol. The van der Waals surface area contributed by atoms with Crippen LogP contribution in [0.5, 0.6) is 0 Å². The maximum Gasteiger partial charge on any atom is 0.290 e. The van der Waals surface area contributed by atoms with Crippen LogP contribution in [0.15, 0.2) is 34.7 Å². The van der Waals surface area contributed by atoms with Gasteiger partial charge in [-0.25, -0.2) is 0 Å². The number of carbonyl (C=O) groups is 1. The van der Waals surface area contributed by atoms with E-state index in [4.69, 9.17) is 10.8 Å². The molecule has 0 spiro atoms. The van der Waals surface area contributed by atoms with Crippen LogP contribution in [0.3, 0.4) is 0 Å². The van der Waals surface area contributed by atoms with Gasteiger partial charge < -0.3 is 9.32 Å². The summed E-state index contributed by atoms with van der Waals surface area (Å²) >= 11 is 0. The number of amides is 1. The number of nitrogens with zero attached hydrogens (tertiary/aromatic N) is 1. The van der Waals surface area contributed by atoms with Crippen LogP contribution < -0.4 is 0 Å². The molecule has 1 saturated carbocycles. The van der Waals surface area contributed by atoms with Gasteiger partial charge in [0, 0.05) is 11.9 Å². The van der Waals surface area contributed by atoms with Crippen LogP contribution in [-0.4, -0.2) is 23.9 Å². The lowest BCUT2D eigenvalue weighted by Gasteiger charge is -2.18. The molecule has 3 rings (SSSR count). The van der Waals surface area contributed by atoms with E-state index in [-0.39, 0.29) is 5.91 Å². The summed E-state index contributed by atoms with van der Waals surface area (Å²) in [7, 11) is 0. The normalized spacial score (nSPS) is 14.3. The quantitative estimate of drug-likeness (QED) is 0.785. The van der Waals surface area contributed by atoms with Gasteiger partial charge in [0.05, 0.1) is 6.54 Å². The average molecular weight is 253 g/mol. The summed E-state index contributed by atoms with van der Waals surface area (Å²) < 4.78 is 5.60. The van der Waals surface area contributed by atoms with Crippen molar-refractivity contribution >= 4 is 16.9 Å². The Bertz CT molecular complexity index is 613. The highest BCUT2D eigenvalue weighted by atomic mass is 16.3. The highest BCUT2D eigenvalue weighted by Gasteiger charge is 2.28. The summed E-state index contributed by atoms with van der Waals surface area (Å²) in [6, 6.07) is 9.40. The number of carbonyl (C=O) groups excluding carboxylic acids is 1. The van der Waals surface area contributed by atoms with Crippen LogP contribution in [-0.2, 0) is 0 Å². The molecule has 1 aromatic carbocycles. The summed E-state index contributed by atoms with van der Waals surface area (Å²) in [5, 5.41) is 0.943. The first-order valence-electron chi connectivity index (χ1n) is 6.49. The van der Waals surface area contributed by atoms with E-state index in [1.54, 1.807) is 11.0 Å². The maximum atomic E-state index is 12.4. The van der Waals surface area contributed by atoms with Gasteiger partial charge in [-0.2, -0.15) is 0 Å². The molecule has 1 heterocycles. The Balaban J connectivity index is 1.85. The molecule has 3 heteroatoms. The zero-order chi connectivity index (χ0) is 13.2. The van der Waals surface area contributed by atoms with Gasteiger partial charge >= 0.3 is 0 Å². The number of furan rings is 1. The number of rotatable bonds is 4. The molecule has 1 fully saturated rings. The molecule has 2 aromatic rings. The van der Waals surface area contributed by atoms with E-state index in [0.717, 1.165) is 17.5 Å². The molecule has 0 unspecified atom stereocenters. The first-order chi connectivity index (χ1) is 9.28. The van der Waals surface area contributed by atoms with Gasteiger partial charge in [0.25, 0.3) is 5.91 Å². The van der Waals surface area contributed by atoms with Crippen molar-refractivity contribution in [1.82, 2.24) is 4.90 Å². The number of hydrogen-bond donors (Lipinski definition) is 0. The molecule has 0 N–H and O–H groups in total. The minimum Gasteiger partial charge on any atom is -0.451 e. The van der Waals surface area contributed by atoms with Crippen molar-refractivity contribution in [3.63, 3.8) is 0 Å². The summed E-state index contributed by atoms with van der Waals surface area (Å²) in [6.45, 7) is 1.08. The molecular formula is C16H15NO2. The molecule has 1 amide bonds. The lowest BCUT2D eigenvalue weighted by molar-refractivity contribution is 0.0740. The number of benzene rings is 1. The Labute approximate surface area is 112 Å². The lowest BCUT2D eigenvalue weighted by atomic mass is 10.2. The van der Waals surface area contributed by atoms with Crippen LogP contribution in [0.2, 0.25) is 0 Å². The summed E-state index contributed by atoms with van der Waals surface area (Å²) in [4.78, 5) is 14.1. The van der Waals surface area contributed by atoms with Gasteiger partial charge in [-0.1, -0.05) is 24.1 Å². The molecule has 0 bridgehead atoms. The SMILES string of the molecule is C#CCN(CC1CC1)C(=O)c1cc2ccccc2o1. The summed E-state index contributed by atoms with van der Waals surface area (Å²) in [5.41, 5.74) is 0.734. The van der Waals surface area contributed by atoms with Gasteiger partial charge in [0.15, 0.2) is 5.76 Å². The molecule has 0 atom stereocenters. The fourth-order valence-electron chi connectivity index (χ4n) is 2.18. The Morgan fingerprint density at radius 3 is 2.89 bits per heavy atom.